The Morgan fingerprint density at radius 3 is 2.38 bits per heavy atom. The summed E-state index contributed by atoms with van der Waals surface area (Å²) in [4.78, 5) is 17.1. The number of hydrogen-bond acceptors (Lipinski definition) is 4. The van der Waals surface area contributed by atoms with Crippen LogP contribution in [0, 0.1) is 5.92 Å². The van der Waals surface area contributed by atoms with Gasteiger partial charge in [-0.3, -0.25) is 9.69 Å². The highest BCUT2D eigenvalue weighted by Crippen LogP contribution is 2.35. The molecule has 0 radical (unpaired) electrons. The Labute approximate surface area is 147 Å². The first-order valence-corrected chi connectivity index (χ1v) is 9.22. The molecule has 0 aliphatic carbocycles. The lowest BCUT2D eigenvalue weighted by atomic mass is 9.93. The lowest BCUT2D eigenvalue weighted by Gasteiger charge is -2.36. The molecule has 1 aromatic carbocycles. The van der Waals surface area contributed by atoms with Gasteiger partial charge in [0.1, 0.15) is 0 Å². The molecule has 0 saturated carbocycles. The molecule has 1 atom stereocenters. The zero-order chi connectivity index (χ0) is 17.1. The van der Waals surface area contributed by atoms with E-state index in [9.17, 15) is 9.90 Å². The maximum Gasteiger partial charge on any atom is 0.306 e. The summed E-state index contributed by atoms with van der Waals surface area (Å²) >= 11 is 1.77. The third kappa shape index (κ3) is 3.62. The number of likely N-dealkylation sites (tertiary alicyclic amines) is 1. The highest BCUT2D eigenvalue weighted by atomic mass is 32.1. The summed E-state index contributed by atoms with van der Waals surface area (Å²) in [6.07, 6.45) is 1.46. The number of rotatable bonds is 5. The standard InChI is InChI=1S/C19H24N2O2S/c1-20(2)16-7-5-14(6-8-16)18(17-4-3-13-24-17)21-11-9-15(10-12-21)19(22)23/h3-8,13,15,18H,9-12H2,1-2H3,(H,22,23). The van der Waals surface area contributed by atoms with Crippen LogP contribution in [0.15, 0.2) is 41.8 Å². The topological polar surface area (TPSA) is 43.8 Å². The van der Waals surface area contributed by atoms with Crippen LogP contribution >= 0.6 is 11.3 Å². The fourth-order valence-corrected chi connectivity index (χ4v) is 4.25. The summed E-state index contributed by atoms with van der Waals surface area (Å²) in [5.41, 5.74) is 2.46. The number of carboxylic acid groups (broad SMARTS) is 1. The molecule has 128 valence electrons. The minimum absolute atomic E-state index is 0.193. The Morgan fingerprint density at radius 1 is 1.21 bits per heavy atom. The van der Waals surface area contributed by atoms with Crippen molar-refractivity contribution in [2.24, 2.45) is 5.92 Å². The van der Waals surface area contributed by atoms with Crippen molar-refractivity contribution in [3.63, 3.8) is 0 Å². The molecular formula is C19H24N2O2S. The molecule has 0 bridgehead atoms. The Morgan fingerprint density at radius 2 is 1.88 bits per heavy atom. The number of aliphatic carboxylic acids is 1. The summed E-state index contributed by atoms with van der Waals surface area (Å²) in [5, 5.41) is 11.3. The SMILES string of the molecule is CN(C)c1ccc(C(c2cccs2)N2CCC(C(=O)O)CC2)cc1. The zero-order valence-electron chi connectivity index (χ0n) is 14.2. The van der Waals surface area contributed by atoms with E-state index in [0.29, 0.717) is 0 Å². The number of thiophene rings is 1. The Kier molecular flexibility index (Phi) is 5.21. The van der Waals surface area contributed by atoms with Crippen LogP contribution < -0.4 is 4.90 Å². The van der Waals surface area contributed by atoms with Gasteiger partial charge >= 0.3 is 5.97 Å². The molecule has 24 heavy (non-hydrogen) atoms. The first-order valence-electron chi connectivity index (χ1n) is 8.34. The van der Waals surface area contributed by atoms with E-state index in [4.69, 9.17) is 0 Å². The maximum atomic E-state index is 11.2. The monoisotopic (exact) mass is 344 g/mol. The molecule has 1 N–H and O–H groups in total. The average Bonchev–Trinajstić information content (AvgIpc) is 3.10. The number of carbonyl (C=O) groups is 1. The summed E-state index contributed by atoms with van der Waals surface area (Å²) in [6.45, 7) is 1.66. The maximum absolute atomic E-state index is 11.2. The molecule has 1 aliphatic heterocycles. The predicted octanol–water partition coefficient (Wildman–Crippen LogP) is 3.70. The van der Waals surface area contributed by atoms with E-state index in [-0.39, 0.29) is 12.0 Å². The second-order valence-corrected chi connectivity index (χ2v) is 7.53. The fraction of sp³-hybridized carbons (Fsp3) is 0.421. The number of piperidine rings is 1. The van der Waals surface area contributed by atoms with E-state index in [1.165, 1.54) is 16.1 Å². The Hall–Kier alpha value is -1.85. The van der Waals surface area contributed by atoms with Gasteiger partial charge in [0.15, 0.2) is 0 Å². The highest BCUT2D eigenvalue weighted by molar-refractivity contribution is 7.10. The molecule has 2 aromatic rings. The van der Waals surface area contributed by atoms with Crippen molar-refractivity contribution in [3.05, 3.63) is 52.2 Å². The number of hydrogen-bond donors (Lipinski definition) is 1. The number of benzene rings is 1. The molecule has 1 aliphatic rings. The molecule has 4 nitrogen and oxygen atoms in total. The summed E-state index contributed by atoms with van der Waals surface area (Å²) in [6, 6.07) is 13.2. The number of nitrogens with zero attached hydrogens (tertiary/aromatic N) is 2. The summed E-state index contributed by atoms with van der Waals surface area (Å²) in [5.74, 6) is -0.848. The molecule has 1 saturated heterocycles. The van der Waals surface area contributed by atoms with Gasteiger partial charge in [0.05, 0.1) is 12.0 Å². The minimum Gasteiger partial charge on any atom is -0.481 e. The predicted molar refractivity (Wildman–Crippen MR) is 98.9 cm³/mol. The van der Waals surface area contributed by atoms with Gasteiger partial charge in [0.25, 0.3) is 0 Å². The second-order valence-electron chi connectivity index (χ2n) is 6.55. The molecule has 1 fully saturated rings. The third-order valence-corrected chi connectivity index (χ3v) is 5.71. The van der Waals surface area contributed by atoms with Gasteiger partial charge in [-0.15, -0.1) is 11.3 Å². The zero-order valence-corrected chi connectivity index (χ0v) is 15.0. The van der Waals surface area contributed by atoms with Crippen molar-refractivity contribution in [2.45, 2.75) is 18.9 Å². The van der Waals surface area contributed by atoms with Crippen molar-refractivity contribution in [3.8, 4) is 0 Å². The second kappa shape index (κ2) is 7.36. The van der Waals surface area contributed by atoms with E-state index in [0.717, 1.165) is 25.9 Å². The van der Waals surface area contributed by atoms with Crippen LogP contribution in [0.25, 0.3) is 0 Å². The van der Waals surface area contributed by atoms with Gasteiger partial charge in [0, 0.05) is 24.7 Å². The third-order valence-electron chi connectivity index (χ3n) is 4.78. The first-order chi connectivity index (χ1) is 11.6. The van der Waals surface area contributed by atoms with Gasteiger partial charge in [-0.1, -0.05) is 18.2 Å². The molecular weight excluding hydrogens is 320 g/mol. The Bertz CT molecular complexity index is 659. The summed E-state index contributed by atoms with van der Waals surface area (Å²) < 4.78 is 0. The lowest BCUT2D eigenvalue weighted by Crippen LogP contribution is -2.39. The van der Waals surface area contributed by atoms with Crippen molar-refractivity contribution >= 4 is 23.0 Å². The number of anilines is 1. The fourth-order valence-electron chi connectivity index (χ4n) is 3.36. The molecule has 5 heteroatoms. The van der Waals surface area contributed by atoms with Crippen LogP contribution in [-0.4, -0.2) is 43.2 Å². The molecule has 3 rings (SSSR count). The highest BCUT2D eigenvalue weighted by Gasteiger charge is 2.30. The van der Waals surface area contributed by atoms with E-state index in [1.54, 1.807) is 11.3 Å². The van der Waals surface area contributed by atoms with Crippen molar-refractivity contribution in [2.75, 3.05) is 32.1 Å². The van der Waals surface area contributed by atoms with Gasteiger partial charge in [0.2, 0.25) is 0 Å². The van der Waals surface area contributed by atoms with Crippen LogP contribution in [0.5, 0.6) is 0 Å². The van der Waals surface area contributed by atoms with Gasteiger partial charge in [-0.05, 0) is 55.1 Å². The number of carboxylic acids is 1. The minimum atomic E-state index is -0.655. The van der Waals surface area contributed by atoms with Gasteiger partial charge in [-0.25, -0.2) is 0 Å². The van der Waals surface area contributed by atoms with E-state index in [1.807, 2.05) is 14.1 Å². The normalized spacial score (nSPS) is 17.6. The molecule has 0 amide bonds. The molecule has 2 heterocycles. The lowest BCUT2D eigenvalue weighted by molar-refractivity contribution is -0.143. The van der Waals surface area contributed by atoms with Crippen LogP contribution in [0.4, 0.5) is 5.69 Å². The average molecular weight is 344 g/mol. The van der Waals surface area contributed by atoms with E-state index >= 15 is 0 Å². The molecule has 0 spiro atoms. The van der Waals surface area contributed by atoms with Crippen molar-refractivity contribution in [1.82, 2.24) is 4.90 Å². The van der Waals surface area contributed by atoms with E-state index < -0.39 is 5.97 Å². The van der Waals surface area contributed by atoms with Gasteiger partial charge < -0.3 is 10.0 Å². The molecule has 1 aromatic heterocycles. The molecule has 1 unspecified atom stereocenters. The van der Waals surface area contributed by atoms with Crippen molar-refractivity contribution in [1.29, 1.82) is 0 Å². The summed E-state index contributed by atoms with van der Waals surface area (Å²) in [7, 11) is 4.09. The largest absolute Gasteiger partial charge is 0.481 e. The van der Waals surface area contributed by atoms with Crippen LogP contribution in [-0.2, 0) is 4.79 Å². The van der Waals surface area contributed by atoms with Crippen LogP contribution in [0.3, 0.4) is 0 Å². The Balaban J connectivity index is 1.84. The first kappa shape index (κ1) is 17.0. The van der Waals surface area contributed by atoms with E-state index in [2.05, 4.69) is 51.6 Å². The smallest absolute Gasteiger partial charge is 0.306 e. The van der Waals surface area contributed by atoms with Crippen molar-refractivity contribution < 1.29 is 9.90 Å². The van der Waals surface area contributed by atoms with Crippen LogP contribution in [0.2, 0.25) is 0 Å². The quantitative estimate of drug-likeness (QED) is 0.898. The van der Waals surface area contributed by atoms with Crippen LogP contribution in [0.1, 0.15) is 29.3 Å². The van der Waals surface area contributed by atoms with Gasteiger partial charge in [-0.2, -0.15) is 0 Å².